The summed E-state index contributed by atoms with van der Waals surface area (Å²) in [4.78, 5) is 4.39. The van der Waals surface area contributed by atoms with Crippen LogP contribution in [0.5, 0.6) is 0 Å². The average molecular weight is 290 g/mol. The molecule has 0 aliphatic carbocycles. The molecule has 5 nitrogen and oxygen atoms in total. The summed E-state index contributed by atoms with van der Waals surface area (Å²) < 4.78 is 5.26. The SMILES string of the molecule is Cc1ccccc1-c1noc(CNc2cccc(C#N)c2)n1. The second kappa shape index (κ2) is 6.10. The van der Waals surface area contributed by atoms with Gasteiger partial charge in [0.15, 0.2) is 0 Å². The molecule has 0 saturated carbocycles. The van der Waals surface area contributed by atoms with Gasteiger partial charge in [0, 0.05) is 11.3 Å². The van der Waals surface area contributed by atoms with Gasteiger partial charge in [0.05, 0.1) is 18.2 Å². The van der Waals surface area contributed by atoms with E-state index >= 15 is 0 Å². The second-order valence-electron chi connectivity index (χ2n) is 4.87. The fourth-order valence-electron chi connectivity index (χ4n) is 2.14. The molecule has 0 bridgehead atoms. The van der Waals surface area contributed by atoms with E-state index in [-0.39, 0.29) is 0 Å². The maximum atomic E-state index is 8.88. The molecule has 2 aromatic carbocycles. The van der Waals surface area contributed by atoms with Gasteiger partial charge in [-0.1, -0.05) is 35.5 Å². The van der Waals surface area contributed by atoms with Crippen molar-refractivity contribution < 1.29 is 4.52 Å². The van der Waals surface area contributed by atoms with Crippen LogP contribution in [0, 0.1) is 18.3 Å². The monoisotopic (exact) mass is 290 g/mol. The first-order chi connectivity index (χ1) is 10.8. The lowest BCUT2D eigenvalue weighted by molar-refractivity contribution is 0.384. The molecule has 108 valence electrons. The maximum absolute atomic E-state index is 8.88. The third kappa shape index (κ3) is 2.96. The second-order valence-corrected chi connectivity index (χ2v) is 4.87. The molecule has 0 amide bonds. The van der Waals surface area contributed by atoms with Crippen LogP contribution in [0.4, 0.5) is 5.69 Å². The number of nitriles is 1. The molecule has 3 aromatic rings. The molecule has 0 saturated heterocycles. The van der Waals surface area contributed by atoms with Crippen LogP contribution in [0.1, 0.15) is 17.0 Å². The first-order valence-corrected chi connectivity index (χ1v) is 6.89. The van der Waals surface area contributed by atoms with Crippen molar-refractivity contribution in [1.82, 2.24) is 10.1 Å². The van der Waals surface area contributed by atoms with Crippen LogP contribution in [0.2, 0.25) is 0 Å². The van der Waals surface area contributed by atoms with Gasteiger partial charge in [-0.05, 0) is 30.7 Å². The summed E-state index contributed by atoms with van der Waals surface area (Å²) in [5.41, 5.74) is 3.51. The number of nitrogens with one attached hydrogen (secondary N) is 1. The third-order valence-corrected chi connectivity index (χ3v) is 3.29. The highest BCUT2D eigenvalue weighted by Gasteiger charge is 2.10. The first-order valence-electron chi connectivity index (χ1n) is 6.89. The summed E-state index contributed by atoms with van der Waals surface area (Å²) in [6.07, 6.45) is 0. The van der Waals surface area contributed by atoms with Crippen LogP contribution < -0.4 is 5.32 Å². The Kier molecular flexibility index (Phi) is 3.84. The first kappa shape index (κ1) is 13.8. The van der Waals surface area contributed by atoms with Crippen LogP contribution in [0.25, 0.3) is 11.4 Å². The Hall–Kier alpha value is -3.13. The molecule has 5 heteroatoms. The molecule has 1 aromatic heterocycles. The van der Waals surface area contributed by atoms with Crippen molar-refractivity contribution in [3.8, 4) is 17.5 Å². The number of rotatable bonds is 4. The summed E-state index contributed by atoms with van der Waals surface area (Å²) >= 11 is 0. The highest BCUT2D eigenvalue weighted by Crippen LogP contribution is 2.20. The highest BCUT2D eigenvalue weighted by atomic mass is 16.5. The van der Waals surface area contributed by atoms with Gasteiger partial charge in [-0.2, -0.15) is 10.2 Å². The van der Waals surface area contributed by atoms with E-state index in [1.807, 2.05) is 43.3 Å². The molecule has 0 spiro atoms. The number of aromatic nitrogens is 2. The van der Waals surface area contributed by atoms with Crippen molar-refractivity contribution >= 4 is 5.69 Å². The Morgan fingerprint density at radius 3 is 2.86 bits per heavy atom. The molecule has 0 atom stereocenters. The third-order valence-electron chi connectivity index (χ3n) is 3.29. The topological polar surface area (TPSA) is 74.7 Å². The smallest absolute Gasteiger partial charge is 0.246 e. The molecule has 22 heavy (non-hydrogen) atoms. The van der Waals surface area contributed by atoms with Crippen LogP contribution in [-0.2, 0) is 6.54 Å². The van der Waals surface area contributed by atoms with Gasteiger partial charge in [-0.15, -0.1) is 0 Å². The minimum atomic E-state index is 0.410. The summed E-state index contributed by atoms with van der Waals surface area (Å²) in [6.45, 7) is 2.42. The van der Waals surface area contributed by atoms with Gasteiger partial charge in [-0.25, -0.2) is 0 Å². The van der Waals surface area contributed by atoms with Crippen molar-refractivity contribution in [3.63, 3.8) is 0 Å². The standard InChI is InChI=1S/C17H14N4O/c1-12-5-2-3-8-15(12)17-20-16(22-21-17)11-19-14-7-4-6-13(9-14)10-18/h2-9,19H,11H2,1H3. The fraction of sp³-hybridized carbons (Fsp3) is 0.118. The molecule has 1 N–H and O–H groups in total. The zero-order chi connectivity index (χ0) is 15.4. The van der Waals surface area contributed by atoms with Gasteiger partial charge >= 0.3 is 0 Å². The minimum absolute atomic E-state index is 0.410. The van der Waals surface area contributed by atoms with Crippen LogP contribution in [0.15, 0.2) is 53.1 Å². The van der Waals surface area contributed by atoms with E-state index in [1.54, 1.807) is 12.1 Å². The molecule has 0 aliphatic rings. The highest BCUT2D eigenvalue weighted by molar-refractivity contribution is 5.59. The Labute approximate surface area is 128 Å². The fourth-order valence-corrected chi connectivity index (χ4v) is 2.14. The maximum Gasteiger partial charge on any atom is 0.246 e. The Bertz CT molecular complexity index is 832. The summed E-state index contributed by atoms with van der Waals surface area (Å²) in [5.74, 6) is 1.08. The van der Waals surface area contributed by atoms with Crippen molar-refractivity contribution in [2.45, 2.75) is 13.5 Å². The Morgan fingerprint density at radius 1 is 1.18 bits per heavy atom. The van der Waals surface area contributed by atoms with Gasteiger partial charge < -0.3 is 9.84 Å². The van der Waals surface area contributed by atoms with Crippen molar-refractivity contribution in [2.75, 3.05) is 5.32 Å². The number of aryl methyl sites for hydroxylation is 1. The predicted molar refractivity (Wildman–Crippen MR) is 83.0 cm³/mol. The van der Waals surface area contributed by atoms with Gasteiger partial charge in [0.25, 0.3) is 0 Å². The van der Waals surface area contributed by atoms with Crippen LogP contribution in [-0.4, -0.2) is 10.1 Å². The molecule has 0 radical (unpaired) electrons. The van der Waals surface area contributed by atoms with E-state index in [0.29, 0.717) is 23.8 Å². The van der Waals surface area contributed by atoms with Crippen molar-refractivity contribution in [1.29, 1.82) is 5.26 Å². The summed E-state index contributed by atoms with van der Waals surface area (Å²) in [6, 6.07) is 17.3. The molecule has 3 rings (SSSR count). The number of hydrogen-bond acceptors (Lipinski definition) is 5. The molecule has 1 heterocycles. The lowest BCUT2D eigenvalue weighted by atomic mass is 10.1. The van der Waals surface area contributed by atoms with E-state index < -0.39 is 0 Å². The molecular weight excluding hydrogens is 276 g/mol. The molecule has 0 unspecified atom stereocenters. The number of benzene rings is 2. The van der Waals surface area contributed by atoms with Crippen molar-refractivity contribution in [2.24, 2.45) is 0 Å². The van der Waals surface area contributed by atoms with Crippen LogP contribution in [0.3, 0.4) is 0 Å². The number of hydrogen-bond donors (Lipinski definition) is 1. The van der Waals surface area contributed by atoms with Gasteiger partial charge in [0.1, 0.15) is 0 Å². The molecule has 0 fully saturated rings. The zero-order valence-corrected chi connectivity index (χ0v) is 12.1. The van der Waals surface area contributed by atoms with E-state index in [1.165, 1.54) is 0 Å². The minimum Gasteiger partial charge on any atom is -0.376 e. The van der Waals surface area contributed by atoms with E-state index in [4.69, 9.17) is 9.78 Å². The normalized spacial score (nSPS) is 10.2. The summed E-state index contributed by atoms with van der Waals surface area (Å²) in [7, 11) is 0. The zero-order valence-electron chi connectivity index (χ0n) is 12.1. The average Bonchev–Trinajstić information content (AvgIpc) is 3.02. The number of anilines is 1. The predicted octanol–water partition coefficient (Wildman–Crippen LogP) is 3.53. The van der Waals surface area contributed by atoms with Crippen LogP contribution >= 0.6 is 0 Å². The van der Waals surface area contributed by atoms with Gasteiger partial charge in [-0.3, -0.25) is 0 Å². The molecule has 0 aliphatic heterocycles. The number of nitrogens with zero attached hydrogens (tertiary/aromatic N) is 3. The van der Waals surface area contributed by atoms with E-state index in [0.717, 1.165) is 16.8 Å². The molecular formula is C17H14N4O. The largest absolute Gasteiger partial charge is 0.376 e. The quantitative estimate of drug-likeness (QED) is 0.795. The van der Waals surface area contributed by atoms with Crippen molar-refractivity contribution in [3.05, 3.63) is 65.5 Å². The Balaban J connectivity index is 1.72. The van der Waals surface area contributed by atoms with E-state index in [9.17, 15) is 0 Å². The van der Waals surface area contributed by atoms with Gasteiger partial charge in [0.2, 0.25) is 11.7 Å². The Morgan fingerprint density at radius 2 is 2.05 bits per heavy atom. The summed E-state index contributed by atoms with van der Waals surface area (Å²) in [5, 5.41) is 16.1. The lowest BCUT2D eigenvalue weighted by Gasteiger charge is -2.02. The lowest BCUT2D eigenvalue weighted by Crippen LogP contribution is -1.99. The van der Waals surface area contributed by atoms with E-state index in [2.05, 4.69) is 21.5 Å².